The van der Waals surface area contributed by atoms with E-state index in [1.54, 1.807) is 31.2 Å². The Labute approximate surface area is 136 Å². The van der Waals surface area contributed by atoms with Gasteiger partial charge in [0.2, 0.25) is 0 Å². The molecule has 122 valence electrons. The van der Waals surface area contributed by atoms with Gasteiger partial charge in [0.25, 0.3) is 0 Å². The topological polar surface area (TPSA) is 68.5 Å². The van der Waals surface area contributed by atoms with Crippen LogP contribution in [0.15, 0.2) is 57.7 Å². The van der Waals surface area contributed by atoms with Crippen molar-refractivity contribution in [3.63, 3.8) is 0 Å². The Morgan fingerprint density at radius 1 is 1.21 bits per heavy atom. The molecule has 0 aliphatic carbocycles. The van der Waals surface area contributed by atoms with Gasteiger partial charge in [-0.15, -0.1) is 0 Å². The molecule has 5 nitrogen and oxygen atoms in total. The first-order valence-electron chi connectivity index (χ1n) is 7.35. The largest absolute Gasteiger partial charge is 0.456 e. The van der Waals surface area contributed by atoms with Gasteiger partial charge in [-0.1, -0.05) is 18.2 Å². The van der Waals surface area contributed by atoms with Crippen molar-refractivity contribution in [2.24, 2.45) is 0 Å². The summed E-state index contributed by atoms with van der Waals surface area (Å²) in [6.07, 6.45) is -0.715. The van der Waals surface area contributed by atoms with Crippen LogP contribution in [0, 0.1) is 5.82 Å². The first-order valence-corrected chi connectivity index (χ1v) is 7.35. The van der Waals surface area contributed by atoms with Gasteiger partial charge < -0.3 is 9.15 Å². The van der Waals surface area contributed by atoms with E-state index in [0.29, 0.717) is 11.0 Å². The molecule has 2 aromatic carbocycles. The molecule has 0 aliphatic rings. The molecule has 0 aliphatic heterocycles. The minimum Gasteiger partial charge on any atom is -0.456 e. The number of hydrogen-bond donors (Lipinski definition) is 1. The zero-order chi connectivity index (χ0) is 17.1. The summed E-state index contributed by atoms with van der Waals surface area (Å²) in [7, 11) is 0. The van der Waals surface area contributed by atoms with Gasteiger partial charge in [-0.2, -0.15) is 0 Å². The second-order valence-electron chi connectivity index (χ2n) is 4.98. The van der Waals surface area contributed by atoms with Crippen LogP contribution in [0.25, 0.3) is 22.3 Å². The van der Waals surface area contributed by atoms with Crippen molar-refractivity contribution < 1.29 is 18.3 Å². The number of halogens is 1. The van der Waals surface area contributed by atoms with Gasteiger partial charge in [0, 0.05) is 6.07 Å². The van der Waals surface area contributed by atoms with Crippen LogP contribution in [-0.4, -0.2) is 12.7 Å². The highest BCUT2D eigenvalue weighted by Crippen LogP contribution is 2.31. The van der Waals surface area contributed by atoms with E-state index in [-0.39, 0.29) is 29.0 Å². The molecular weight excluding hydrogens is 313 g/mol. The van der Waals surface area contributed by atoms with Gasteiger partial charge in [0.15, 0.2) is 5.43 Å². The lowest BCUT2D eigenvalue weighted by molar-refractivity contribution is 0.168. The molecule has 1 aromatic heterocycles. The molecule has 1 N–H and O–H groups in total. The zero-order valence-electron chi connectivity index (χ0n) is 12.8. The third-order valence-electron chi connectivity index (χ3n) is 3.41. The molecule has 24 heavy (non-hydrogen) atoms. The number of rotatable bonds is 3. The number of benzene rings is 2. The molecule has 3 rings (SSSR count). The van der Waals surface area contributed by atoms with E-state index in [1.165, 1.54) is 24.3 Å². The molecule has 6 heteroatoms. The molecule has 0 fully saturated rings. The van der Waals surface area contributed by atoms with Crippen LogP contribution >= 0.6 is 0 Å². The van der Waals surface area contributed by atoms with Crippen LogP contribution in [0.1, 0.15) is 6.92 Å². The van der Waals surface area contributed by atoms with Crippen molar-refractivity contribution in [2.75, 3.05) is 11.9 Å². The molecule has 0 spiro atoms. The summed E-state index contributed by atoms with van der Waals surface area (Å²) in [5.74, 6) is -0.591. The number of carbonyl (C=O) groups is 1. The van der Waals surface area contributed by atoms with Crippen LogP contribution in [0.2, 0.25) is 0 Å². The zero-order valence-corrected chi connectivity index (χ0v) is 12.8. The van der Waals surface area contributed by atoms with Gasteiger partial charge in [0.1, 0.15) is 17.2 Å². The maximum atomic E-state index is 14.3. The Hall–Kier alpha value is -3.15. The quantitative estimate of drug-likeness (QED) is 0.784. The lowest BCUT2D eigenvalue weighted by Gasteiger charge is -2.11. The van der Waals surface area contributed by atoms with E-state index in [0.717, 1.165) is 0 Å². The Morgan fingerprint density at radius 3 is 2.79 bits per heavy atom. The second-order valence-corrected chi connectivity index (χ2v) is 4.98. The third kappa shape index (κ3) is 2.99. The summed E-state index contributed by atoms with van der Waals surface area (Å²) in [6.45, 7) is 1.84. The van der Waals surface area contributed by atoms with E-state index in [9.17, 15) is 14.0 Å². The molecule has 0 saturated carbocycles. The van der Waals surface area contributed by atoms with Crippen molar-refractivity contribution in [2.45, 2.75) is 6.92 Å². The second kappa shape index (κ2) is 6.54. The predicted molar refractivity (Wildman–Crippen MR) is 88.5 cm³/mol. The summed E-state index contributed by atoms with van der Waals surface area (Å²) < 4.78 is 24.8. The van der Waals surface area contributed by atoms with Gasteiger partial charge in [-0.3, -0.25) is 10.1 Å². The predicted octanol–water partition coefficient (Wildman–Crippen LogP) is 4.17. The van der Waals surface area contributed by atoms with Gasteiger partial charge in [0.05, 0.1) is 23.2 Å². The van der Waals surface area contributed by atoms with Gasteiger partial charge >= 0.3 is 6.09 Å². The highest BCUT2D eigenvalue weighted by atomic mass is 19.1. The molecule has 1 amide bonds. The third-order valence-corrected chi connectivity index (χ3v) is 3.41. The average Bonchev–Trinajstić information content (AvgIpc) is 2.55. The summed E-state index contributed by atoms with van der Waals surface area (Å²) in [4.78, 5) is 23.9. The molecule has 3 aromatic rings. The lowest BCUT2D eigenvalue weighted by atomic mass is 10.1. The maximum Gasteiger partial charge on any atom is 0.411 e. The Kier molecular flexibility index (Phi) is 4.29. The molecule has 0 saturated heterocycles. The number of nitrogens with one attached hydrogen (secondary N) is 1. The van der Waals surface area contributed by atoms with Crippen molar-refractivity contribution in [3.8, 4) is 11.3 Å². The fourth-order valence-electron chi connectivity index (χ4n) is 2.38. The normalized spacial score (nSPS) is 10.6. The number of anilines is 1. The highest BCUT2D eigenvalue weighted by Gasteiger charge is 2.17. The number of hydrogen-bond acceptors (Lipinski definition) is 4. The minimum atomic E-state index is -0.715. The van der Waals surface area contributed by atoms with Crippen LogP contribution in [0.3, 0.4) is 0 Å². The van der Waals surface area contributed by atoms with E-state index < -0.39 is 11.9 Å². The van der Waals surface area contributed by atoms with Crippen molar-refractivity contribution in [3.05, 3.63) is 64.6 Å². The molecule has 0 bridgehead atoms. The SMILES string of the molecule is CCOC(=O)Nc1cccc(F)c1-c1cc(=O)c2ccccc2o1. The molecule has 0 radical (unpaired) electrons. The van der Waals surface area contributed by atoms with Crippen molar-refractivity contribution in [1.29, 1.82) is 0 Å². The fraction of sp³-hybridized carbons (Fsp3) is 0.111. The summed E-state index contributed by atoms with van der Waals surface area (Å²) in [5.41, 5.74) is 0.197. The summed E-state index contributed by atoms with van der Waals surface area (Å²) in [6, 6.07) is 12.1. The maximum absolute atomic E-state index is 14.3. The van der Waals surface area contributed by atoms with Gasteiger partial charge in [-0.05, 0) is 31.2 Å². The molecule has 1 heterocycles. The van der Waals surface area contributed by atoms with E-state index in [1.807, 2.05) is 0 Å². The standard InChI is InChI=1S/C18H14FNO4/c1-2-23-18(22)20-13-8-5-7-12(19)17(13)16-10-14(21)11-6-3-4-9-15(11)24-16/h3-10H,2H2,1H3,(H,20,22). The average molecular weight is 327 g/mol. The summed E-state index contributed by atoms with van der Waals surface area (Å²) in [5, 5.41) is 2.86. The molecule has 0 atom stereocenters. The molecule has 0 unspecified atom stereocenters. The van der Waals surface area contributed by atoms with Crippen LogP contribution in [0.4, 0.5) is 14.9 Å². The van der Waals surface area contributed by atoms with Gasteiger partial charge in [-0.25, -0.2) is 9.18 Å². The minimum absolute atomic E-state index is 0.00611. The highest BCUT2D eigenvalue weighted by molar-refractivity contribution is 5.91. The van der Waals surface area contributed by atoms with Crippen LogP contribution in [-0.2, 0) is 4.74 Å². The monoisotopic (exact) mass is 327 g/mol. The fourth-order valence-corrected chi connectivity index (χ4v) is 2.38. The Morgan fingerprint density at radius 2 is 2.00 bits per heavy atom. The Bertz CT molecular complexity index is 965. The van der Waals surface area contributed by atoms with E-state index >= 15 is 0 Å². The number of ether oxygens (including phenoxy) is 1. The van der Waals surface area contributed by atoms with Crippen molar-refractivity contribution >= 4 is 22.7 Å². The van der Waals surface area contributed by atoms with Crippen LogP contribution < -0.4 is 10.7 Å². The van der Waals surface area contributed by atoms with Crippen LogP contribution in [0.5, 0.6) is 0 Å². The molecular formula is C18H14FNO4. The van der Waals surface area contributed by atoms with Crippen molar-refractivity contribution in [1.82, 2.24) is 0 Å². The number of amides is 1. The first-order chi connectivity index (χ1) is 11.6. The smallest absolute Gasteiger partial charge is 0.411 e. The first kappa shape index (κ1) is 15.7. The Balaban J connectivity index is 2.15. The number of para-hydroxylation sites is 1. The number of carbonyl (C=O) groups excluding carboxylic acids is 1. The lowest BCUT2D eigenvalue weighted by Crippen LogP contribution is -2.14. The van der Waals surface area contributed by atoms with E-state index in [2.05, 4.69) is 5.32 Å². The van der Waals surface area contributed by atoms with E-state index in [4.69, 9.17) is 9.15 Å². The summed E-state index contributed by atoms with van der Waals surface area (Å²) >= 11 is 0. The number of fused-ring (bicyclic) bond motifs is 1.